The average molecular weight is 306 g/mol. The first-order chi connectivity index (χ1) is 10.0. The van der Waals surface area contributed by atoms with E-state index in [0.717, 1.165) is 10.9 Å². The van der Waals surface area contributed by atoms with Gasteiger partial charge in [0.25, 0.3) is 5.91 Å². The third-order valence-corrected chi connectivity index (χ3v) is 4.00. The number of hydrogen-bond donors (Lipinski definition) is 2. The number of carboxylic acids is 1. The van der Waals surface area contributed by atoms with Gasteiger partial charge in [0.15, 0.2) is 0 Å². The molecule has 0 radical (unpaired) electrons. The van der Waals surface area contributed by atoms with Crippen LogP contribution in [0.3, 0.4) is 0 Å². The first kappa shape index (κ1) is 15.4. The number of aliphatic carboxylic acids is 1. The van der Waals surface area contributed by atoms with Crippen molar-refractivity contribution in [3.05, 3.63) is 36.0 Å². The van der Waals surface area contributed by atoms with Crippen molar-refractivity contribution in [2.24, 2.45) is 7.05 Å². The molecular formula is C15H18N2O3S. The average Bonchev–Trinajstić information content (AvgIpc) is 2.81. The van der Waals surface area contributed by atoms with Crippen LogP contribution < -0.4 is 5.32 Å². The van der Waals surface area contributed by atoms with Gasteiger partial charge in [-0.25, -0.2) is 4.79 Å². The number of para-hydroxylation sites is 1. The van der Waals surface area contributed by atoms with Crippen molar-refractivity contribution >= 4 is 34.5 Å². The second-order valence-corrected chi connectivity index (χ2v) is 5.80. The number of aromatic nitrogens is 1. The molecule has 2 rings (SSSR count). The van der Waals surface area contributed by atoms with Gasteiger partial charge in [0.1, 0.15) is 6.04 Å². The fourth-order valence-electron chi connectivity index (χ4n) is 2.25. The highest BCUT2D eigenvalue weighted by Gasteiger charge is 2.22. The van der Waals surface area contributed by atoms with Crippen LogP contribution in [0, 0.1) is 0 Å². The van der Waals surface area contributed by atoms with Crippen molar-refractivity contribution in [1.82, 2.24) is 9.88 Å². The minimum absolute atomic E-state index is 0.347. The summed E-state index contributed by atoms with van der Waals surface area (Å²) in [5, 5.41) is 12.6. The number of carbonyl (C=O) groups is 2. The molecule has 112 valence electrons. The van der Waals surface area contributed by atoms with Gasteiger partial charge in [-0.3, -0.25) is 4.79 Å². The van der Waals surface area contributed by atoms with Crippen LogP contribution in [0.4, 0.5) is 0 Å². The van der Waals surface area contributed by atoms with Gasteiger partial charge in [-0.1, -0.05) is 18.2 Å². The maximum absolute atomic E-state index is 12.4. The van der Waals surface area contributed by atoms with E-state index in [9.17, 15) is 14.7 Å². The lowest BCUT2D eigenvalue weighted by molar-refractivity contribution is -0.139. The van der Waals surface area contributed by atoms with Gasteiger partial charge in [-0.2, -0.15) is 11.8 Å². The van der Waals surface area contributed by atoms with Crippen LogP contribution >= 0.6 is 11.8 Å². The number of rotatable bonds is 6. The molecule has 0 saturated heterocycles. The number of thioether (sulfide) groups is 1. The number of nitrogens with zero attached hydrogens (tertiary/aromatic N) is 1. The Labute approximate surface area is 127 Å². The number of aryl methyl sites for hydroxylation is 1. The van der Waals surface area contributed by atoms with Crippen LogP contribution in [0.5, 0.6) is 0 Å². The lowest BCUT2D eigenvalue weighted by atomic mass is 10.1. The minimum atomic E-state index is -1.00. The van der Waals surface area contributed by atoms with E-state index in [0.29, 0.717) is 17.7 Å². The fourth-order valence-corrected chi connectivity index (χ4v) is 2.72. The van der Waals surface area contributed by atoms with Crippen molar-refractivity contribution < 1.29 is 14.7 Å². The molecule has 2 N–H and O–H groups in total. The summed E-state index contributed by atoms with van der Waals surface area (Å²) in [6.07, 6.45) is 4.05. The predicted octanol–water partition coefficient (Wildman–Crippen LogP) is 2.11. The number of amides is 1. The topological polar surface area (TPSA) is 71.3 Å². The Kier molecular flexibility index (Phi) is 4.90. The highest BCUT2D eigenvalue weighted by Crippen LogP contribution is 2.20. The van der Waals surface area contributed by atoms with Crippen LogP contribution in [0.15, 0.2) is 30.5 Å². The first-order valence-corrected chi connectivity index (χ1v) is 8.00. The minimum Gasteiger partial charge on any atom is -0.480 e. The molecule has 2 aromatic rings. The van der Waals surface area contributed by atoms with Crippen LogP contribution in [0.25, 0.3) is 10.9 Å². The summed E-state index contributed by atoms with van der Waals surface area (Å²) in [5.74, 6) is -0.662. The molecule has 0 bridgehead atoms. The predicted molar refractivity (Wildman–Crippen MR) is 84.8 cm³/mol. The molecule has 0 fully saturated rings. The molecule has 0 saturated carbocycles. The molecule has 0 aliphatic heterocycles. The lowest BCUT2D eigenvalue weighted by Crippen LogP contribution is -2.41. The Morgan fingerprint density at radius 1 is 1.38 bits per heavy atom. The summed E-state index contributed by atoms with van der Waals surface area (Å²) < 4.78 is 1.86. The highest BCUT2D eigenvalue weighted by atomic mass is 32.2. The van der Waals surface area contributed by atoms with Crippen molar-refractivity contribution in [2.75, 3.05) is 12.0 Å². The third kappa shape index (κ3) is 3.39. The molecule has 1 aromatic heterocycles. The largest absolute Gasteiger partial charge is 0.480 e. The Morgan fingerprint density at radius 2 is 2.10 bits per heavy atom. The molecule has 1 atom stereocenters. The molecule has 0 aliphatic rings. The van der Waals surface area contributed by atoms with E-state index in [1.54, 1.807) is 18.0 Å². The highest BCUT2D eigenvalue weighted by molar-refractivity contribution is 7.98. The SMILES string of the molecule is CSCC[C@@H](NC(=O)c1cn(C)c2ccccc12)C(=O)O. The van der Waals surface area contributed by atoms with Crippen molar-refractivity contribution in [3.63, 3.8) is 0 Å². The number of carbonyl (C=O) groups excluding carboxylic acids is 1. The van der Waals surface area contributed by atoms with Crippen molar-refractivity contribution in [3.8, 4) is 0 Å². The summed E-state index contributed by atoms with van der Waals surface area (Å²) >= 11 is 1.56. The number of benzene rings is 1. The van der Waals surface area contributed by atoms with Crippen molar-refractivity contribution in [1.29, 1.82) is 0 Å². The quantitative estimate of drug-likeness (QED) is 0.857. The standard InChI is InChI=1S/C15H18N2O3S/c1-17-9-11(10-5-3-4-6-13(10)17)14(18)16-12(15(19)20)7-8-21-2/h3-6,9,12H,7-8H2,1-2H3,(H,16,18)(H,19,20)/t12-/m1/s1. The number of carboxylic acid groups (broad SMARTS) is 1. The summed E-state index contributed by atoms with van der Waals surface area (Å²) in [4.78, 5) is 23.6. The van der Waals surface area contributed by atoms with E-state index < -0.39 is 12.0 Å². The summed E-state index contributed by atoms with van der Waals surface area (Å²) in [5.41, 5.74) is 1.45. The van der Waals surface area contributed by atoms with Gasteiger partial charge in [0.2, 0.25) is 0 Å². The molecule has 21 heavy (non-hydrogen) atoms. The molecule has 1 aromatic carbocycles. The Bertz CT molecular complexity index is 666. The summed E-state index contributed by atoms with van der Waals surface area (Å²) in [7, 11) is 1.86. The van der Waals surface area contributed by atoms with Crippen LogP contribution in [0.2, 0.25) is 0 Å². The Balaban J connectivity index is 2.23. The van der Waals surface area contributed by atoms with E-state index in [1.807, 2.05) is 42.1 Å². The lowest BCUT2D eigenvalue weighted by Gasteiger charge is -2.13. The zero-order valence-electron chi connectivity index (χ0n) is 12.0. The van der Waals surface area contributed by atoms with Gasteiger partial charge in [0.05, 0.1) is 5.56 Å². The molecule has 6 heteroatoms. The maximum atomic E-state index is 12.4. The van der Waals surface area contributed by atoms with E-state index in [2.05, 4.69) is 5.32 Å². The van der Waals surface area contributed by atoms with Gasteiger partial charge >= 0.3 is 5.97 Å². The zero-order chi connectivity index (χ0) is 15.4. The Hall–Kier alpha value is -1.95. The van der Waals surface area contributed by atoms with Gasteiger partial charge < -0.3 is 15.0 Å². The zero-order valence-corrected chi connectivity index (χ0v) is 12.8. The van der Waals surface area contributed by atoms with E-state index in [1.165, 1.54) is 0 Å². The van der Waals surface area contributed by atoms with Crippen LogP contribution in [0.1, 0.15) is 16.8 Å². The maximum Gasteiger partial charge on any atom is 0.326 e. The Morgan fingerprint density at radius 3 is 2.76 bits per heavy atom. The normalized spacial score (nSPS) is 12.3. The summed E-state index contributed by atoms with van der Waals surface area (Å²) in [6.45, 7) is 0. The molecular weight excluding hydrogens is 288 g/mol. The smallest absolute Gasteiger partial charge is 0.326 e. The molecule has 1 heterocycles. The van der Waals surface area contributed by atoms with Crippen LogP contribution in [-0.2, 0) is 11.8 Å². The summed E-state index contributed by atoms with van der Waals surface area (Å²) in [6, 6.07) is 6.70. The number of fused-ring (bicyclic) bond motifs is 1. The van der Waals surface area contributed by atoms with Gasteiger partial charge in [-0.15, -0.1) is 0 Å². The first-order valence-electron chi connectivity index (χ1n) is 6.61. The second kappa shape index (κ2) is 6.67. The van der Waals surface area contributed by atoms with E-state index in [4.69, 9.17) is 0 Å². The van der Waals surface area contributed by atoms with Gasteiger partial charge in [0, 0.05) is 24.1 Å². The second-order valence-electron chi connectivity index (χ2n) is 4.82. The molecule has 1 amide bonds. The van der Waals surface area contributed by atoms with E-state index >= 15 is 0 Å². The number of nitrogens with one attached hydrogen (secondary N) is 1. The molecule has 0 unspecified atom stereocenters. The van der Waals surface area contributed by atoms with Crippen LogP contribution in [-0.4, -0.2) is 39.6 Å². The molecule has 0 spiro atoms. The molecule has 0 aliphatic carbocycles. The van der Waals surface area contributed by atoms with E-state index in [-0.39, 0.29) is 5.91 Å². The third-order valence-electron chi connectivity index (χ3n) is 3.36. The molecule has 5 nitrogen and oxygen atoms in total. The fraction of sp³-hybridized carbons (Fsp3) is 0.333. The van der Waals surface area contributed by atoms with Crippen molar-refractivity contribution in [2.45, 2.75) is 12.5 Å². The monoisotopic (exact) mass is 306 g/mol. The number of hydrogen-bond acceptors (Lipinski definition) is 3. The van der Waals surface area contributed by atoms with Gasteiger partial charge in [-0.05, 0) is 24.5 Å².